The van der Waals surface area contributed by atoms with Gasteiger partial charge in [0.1, 0.15) is 0 Å². The van der Waals surface area contributed by atoms with Crippen LogP contribution in [0.15, 0.2) is 36.4 Å². The molecule has 0 bridgehead atoms. The van der Waals surface area contributed by atoms with Crippen molar-refractivity contribution in [2.75, 3.05) is 13.2 Å². The number of nitrogens with zero attached hydrogens (tertiary/aromatic N) is 1. The van der Waals surface area contributed by atoms with Gasteiger partial charge in [0.25, 0.3) is 5.91 Å². The standard InChI is InChI=1S/C23H29N3O2S/c1-23(2,3)25-22(28)21-9-8-20(29-21)15-6-7-19-16(11-15)12-17(24-19)13-26-10-4-5-18(26)14-27/h6-9,11-12,18,24,27H,4-5,10,13-14H2,1-3H3,(H,25,28). The van der Waals surface area contributed by atoms with Gasteiger partial charge in [-0.15, -0.1) is 11.3 Å². The summed E-state index contributed by atoms with van der Waals surface area (Å²) in [6.45, 7) is 8.07. The number of aliphatic hydroxyl groups is 1. The van der Waals surface area contributed by atoms with Gasteiger partial charge in [-0.05, 0) is 76.1 Å². The zero-order valence-corrected chi connectivity index (χ0v) is 18.1. The topological polar surface area (TPSA) is 68.4 Å². The summed E-state index contributed by atoms with van der Waals surface area (Å²) in [4.78, 5) is 20.1. The Morgan fingerprint density at radius 1 is 1.28 bits per heavy atom. The van der Waals surface area contributed by atoms with Crippen LogP contribution < -0.4 is 5.32 Å². The molecule has 3 aromatic rings. The zero-order valence-electron chi connectivity index (χ0n) is 17.3. The Hall–Kier alpha value is -2.15. The Balaban J connectivity index is 1.53. The van der Waals surface area contributed by atoms with E-state index in [1.54, 1.807) is 0 Å². The number of benzene rings is 1. The summed E-state index contributed by atoms with van der Waals surface area (Å²) >= 11 is 1.52. The van der Waals surface area contributed by atoms with Crippen molar-refractivity contribution in [3.8, 4) is 10.4 Å². The summed E-state index contributed by atoms with van der Waals surface area (Å²) in [7, 11) is 0. The second-order valence-electron chi connectivity index (χ2n) is 8.91. The minimum absolute atomic E-state index is 0.0252. The summed E-state index contributed by atoms with van der Waals surface area (Å²) in [5, 5.41) is 13.7. The van der Waals surface area contributed by atoms with E-state index in [2.05, 4.69) is 39.5 Å². The predicted molar refractivity (Wildman–Crippen MR) is 119 cm³/mol. The Morgan fingerprint density at radius 3 is 2.86 bits per heavy atom. The second kappa shape index (κ2) is 7.94. The van der Waals surface area contributed by atoms with Gasteiger partial charge in [0.2, 0.25) is 0 Å². The first-order valence-electron chi connectivity index (χ1n) is 10.2. The van der Waals surface area contributed by atoms with Crippen molar-refractivity contribution in [2.24, 2.45) is 0 Å². The van der Waals surface area contributed by atoms with Crippen molar-refractivity contribution < 1.29 is 9.90 Å². The molecule has 3 N–H and O–H groups in total. The lowest BCUT2D eigenvalue weighted by molar-refractivity contribution is 0.0923. The van der Waals surface area contributed by atoms with Crippen LogP contribution in [0.1, 0.15) is 49.0 Å². The molecule has 6 heteroatoms. The van der Waals surface area contributed by atoms with E-state index in [0.29, 0.717) is 0 Å². The molecule has 2 aromatic heterocycles. The van der Waals surface area contributed by atoms with Gasteiger partial charge in [-0.1, -0.05) is 6.07 Å². The number of aromatic nitrogens is 1. The lowest BCUT2D eigenvalue weighted by atomic mass is 10.1. The second-order valence-corrected chi connectivity index (χ2v) is 10.00. The molecule has 0 saturated carbocycles. The van der Waals surface area contributed by atoms with E-state index in [9.17, 15) is 9.90 Å². The van der Waals surface area contributed by atoms with Crippen LogP contribution in [0.3, 0.4) is 0 Å². The van der Waals surface area contributed by atoms with Crippen LogP contribution in [0.5, 0.6) is 0 Å². The molecule has 0 aliphatic carbocycles. The molecule has 4 rings (SSSR count). The maximum Gasteiger partial charge on any atom is 0.261 e. The van der Waals surface area contributed by atoms with E-state index in [1.165, 1.54) is 22.4 Å². The van der Waals surface area contributed by atoms with Crippen LogP contribution >= 0.6 is 11.3 Å². The summed E-state index contributed by atoms with van der Waals surface area (Å²) in [5.41, 5.74) is 3.17. The first-order valence-corrected chi connectivity index (χ1v) is 11.0. The highest BCUT2D eigenvalue weighted by atomic mass is 32.1. The largest absolute Gasteiger partial charge is 0.395 e. The van der Waals surface area contributed by atoms with Gasteiger partial charge in [-0.3, -0.25) is 9.69 Å². The fourth-order valence-electron chi connectivity index (χ4n) is 3.98. The molecule has 29 heavy (non-hydrogen) atoms. The van der Waals surface area contributed by atoms with Crippen LogP contribution in [0.25, 0.3) is 21.3 Å². The third kappa shape index (κ3) is 4.55. The van der Waals surface area contributed by atoms with Crippen molar-refractivity contribution in [3.05, 3.63) is 47.0 Å². The number of rotatable bonds is 5. The molecule has 1 amide bonds. The van der Waals surface area contributed by atoms with Gasteiger partial charge in [-0.25, -0.2) is 0 Å². The number of hydrogen-bond donors (Lipinski definition) is 3. The van der Waals surface area contributed by atoms with Crippen LogP contribution in [0.4, 0.5) is 0 Å². The van der Waals surface area contributed by atoms with Crippen LogP contribution in [0.2, 0.25) is 0 Å². The van der Waals surface area contributed by atoms with E-state index in [-0.39, 0.29) is 24.1 Å². The van der Waals surface area contributed by atoms with Crippen LogP contribution in [0, 0.1) is 0 Å². The Morgan fingerprint density at radius 2 is 2.10 bits per heavy atom. The fourth-order valence-corrected chi connectivity index (χ4v) is 4.87. The normalized spacial score (nSPS) is 17.9. The smallest absolute Gasteiger partial charge is 0.261 e. The van der Waals surface area contributed by atoms with Crippen LogP contribution in [-0.2, 0) is 6.54 Å². The number of aliphatic hydroxyl groups excluding tert-OH is 1. The van der Waals surface area contributed by atoms with Crippen molar-refractivity contribution >= 4 is 28.1 Å². The number of thiophene rings is 1. The molecule has 1 aromatic carbocycles. The molecule has 0 spiro atoms. The molecular formula is C23H29N3O2S. The minimum Gasteiger partial charge on any atom is -0.395 e. The number of hydrogen-bond acceptors (Lipinski definition) is 4. The quantitative estimate of drug-likeness (QED) is 0.584. The first-order chi connectivity index (χ1) is 13.8. The van der Waals surface area contributed by atoms with Gasteiger partial charge in [0.15, 0.2) is 0 Å². The lowest BCUT2D eigenvalue weighted by Crippen LogP contribution is -2.40. The van der Waals surface area contributed by atoms with Gasteiger partial charge in [0.05, 0.1) is 11.5 Å². The van der Waals surface area contributed by atoms with E-state index >= 15 is 0 Å². The maximum absolute atomic E-state index is 12.4. The first kappa shape index (κ1) is 20.1. The highest BCUT2D eigenvalue weighted by Gasteiger charge is 2.24. The third-order valence-corrected chi connectivity index (χ3v) is 6.50. The highest BCUT2D eigenvalue weighted by molar-refractivity contribution is 7.17. The zero-order chi connectivity index (χ0) is 20.6. The Kier molecular flexibility index (Phi) is 5.51. The number of nitrogens with one attached hydrogen (secondary N) is 2. The fraction of sp³-hybridized carbons (Fsp3) is 0.435. The monoisotopic (exact) mass is 411 g/mol. The summed E-state index contributed by atoms with van der Waals surface area (Å²) in [6.07, 6.45) is 2.23. The molecule has 1 unspecified atom stereocenters. The maximum atomic E-state index is 12.4. The van der Waals surface area contributed by atoms with Gasteiger partial charge in [-0.2, -0.15) is 0 Å². The number of H-pyrrole nitrogens is 1. The molecular weight excluding hydrogens is 382 g/mol. The van der Waals surface area contributed by atoms with Crippen molar-refractivity contribution in [1.82, 2.24) is 15.2 Å². The molecule has 3 heterocycles. The Labute approximate surface area is 175 Å². The third-order valence-electron chi connectivity index (χ3n) is 5.36. The van der Waals surface area contributed by atoms with E-state index in [0.717, 1.165) is 46.8 Å². The number of aromatic amines is 1. The number of likely N-dealkylation sites (tertiary alicyclic amines) is 1. The predicted octanol–water partition coefficient (Wildman–Crippen LogP) is 4.38. The van der Waals surface area contributed by atoms with E-state index < -0.39 is 0 Å². The molecule has 154 valence electrons. The Bertz CT molecular complexity index is 1010. The molecule has 1 fully saturated rings. The molecule has 5 nitrogen and oxygen atoms in total. The lowest BCUT2D eigenvalue weighted by Gasteiger charge is -2.21. The van der Waals surface area contributed by atoms with E-state index in [4.69, 9.17) is 0 Å². The van der Waals surface area contributed by atoms with Crippen molar-refractivity contribution in [2.45, 2.75) is 51.7 Å². The summed E-state index contributed by atoms with van der Waals surface area (Å²) in [5.74, 6) is -0.0252. The molecule has 1 aliphatic rings. The summed E-state index contributed by atoms with van der Waals surface area (Å²) < 4.78 is 0. The van der Waals surface area contributed by atoms with E-state index in [1.807, 2.05) is 32.9 Å². The van der Waals surface area contributed by atoms with Gasteiger partial charge in [0, 0.05) is 39.6 Å². The SMILES string of the molecule is CC(C)(C)NC(=O)c1ccc(-c2ccc3[nH]c(CN4CCCC4CO)cc3c2)s1. The van der Waals surface area contributed by atoms with Crippen molar-refractivity contribution in [3.63, 3.8) is 0 Å². The van der Waals surface area contributed by atoms with Gasteiger partial charge < -0.3 is 15.4 Å². The molecule has 1 atom stereocenters. The van der Waals surface area contributed by atoms with Crippen LogP contribution in [-0.4, -0.2) is 45.6 Å². The number of carbonyl (C=O) groups is 1. The molecule has 1 saturated heterocycles. The minimum atomic E-state index is -0.244. The average molecular weight is 412 g/mol. The molecule has 0 radical (unpaired) electrons. The number of carbonyl (C=O) groups excluding carboxylic acids is 1. The molecule has 1 aliphatic heterocycles. The number of fused-ring (bicyclic) bond motifs is 1. The van der Waals surface area contributed by atoms with Gasteiger partial charge >= 0.3 is 0 Å². The number of amides is 1. The van der Waals surface area contributed by atoms with Crippen molar-refractivity contribution in [1.29, 1.82) is 0 Å². The summed E-state index contributed by atoms with van der Waals surface area (Å²) in [6, 6.07) is 12.8. The average Bonchev–Trinajstić information content (AvgIpc) is 3.38. The highest BCUT2D eigenvalue weighted by Crippen LogP contribution is 2.31.